The smallest absolute Gasteiger partial charge is 0.338 e. The number of hydrogen-bond donors (Lipinski definition) is 2. The fourth-order valence-electron chi connectivity index (χ4n) is 2.78. The van der Waals surface area contributed by atoms with Gasteiger partial charge in [0, 0.05) is 18.4 Å². The summed E-state index contributed by atoms with van der Waals surface area (Å²) in [5.74, 6) is -1.07. The fourth-order valence-corrected chi connectivity index (χ4v) is 2.78. The van der Waals surface area contributed by atoms with Crippen LogP contribution < -0.4 is 10.6 Å². The minimum absolute atomic E-state index is 0.140. The predicted octanol–water partition coefficient (Wildman–Crippen LogP) is 2.90. The van der Waals surface area contributed by atoms with E-state index in [1.165, 1.54) is 0 Å². The number of nitrogens with one attached hydrogen (secondary N) is 2. The molecule has 2 N–H and O–H groups in total. The number of rotatable bonds is 7. The maximum atomic E-state index is 12.8. The van der Waals surface area contributed by atoms with Gasteiger partial charge in [0.2, 0.25) is 5.82 Å². The minimum Gasteiger partial charge on any atom is -0.462 e. The SMILES string of the molecule is CCCNC(=O)c1nc(C(=O)Nc2ccc(C(=O)OCC)cc2)c2ccccn12. The highest BCUT2D eigenvalue weighted by atomic mass is 16.5. The number of pyridine rings is 1. The molecular formula is C21H22N4O4. The summed E-state index contributed by atoms with van der Waals surface area (Å²) >= 11 is 0. The third kappa shape index (κ3) is 4.43. The molecule has 0 bridgehead atoms. The maximum Gasteiger partial charge on any atom is 0.338 e. The van der Waals surface area contributed by atoms with Crippen molar-refractivity contribution in [2.45, 2.75) is 20.3 Å². The summed E-state index contributed by atoms with van der Waals surface area (Å²) in [6, 6.07) is 11.6. The highest BCUT2D eigenvalue weighted by Crippen LogP contribution is 2.17. The standard InChI is InChI=1S/C21H22N4O4/c1-3-12-22-20(27)18-24-17(16-7-5-6-13-25(16)18)19(26)23-15-10-8-14(9-11-15)21(28)29-4-2/h5-11,13H,3-4,12H2,1-2H3,(H,22,27)(H,23,26). The van der Waals surface area contributed by atoms with Crippen LogP contribution in [-0.4, -0.2) is 40.3 Å². The Morgan fingerprint density at radius 2 is 1.79 bits per heavy atom. The Bertz CT molecular complexity index is 1040. The number of anilines is 1. The highest BCUT2D eigenvalue weighted by molar-refractivity contribution is 6.09. The van der Waals surface area contributed by atoms with E-state index >= 15 is 0 Å². The topological polar surface area (TPSA) is 102 Å². The molecule has 0 fully saturated rings. The first kappa shape index (κ1) is 20.1. The number of benzene rings is 1. The van der Waals surface area contributed by atoms with Crippen molar-refractivity contribution in [3.05, 3.63) is 65.7 Å². The van der Waals surface area contributed by atoms with E-state index < -0.39 is 11.9 Å². The molecule has 0 spiro atoms. The number of ether oxygens (including phenoxy) is 1. The zero-order chi connectivity index (χ0) is 20.8. The average Bonchev–Trinajstić information content (AvgIpc) is 3.12. The molecule has 8 nitrogen and oxygen atoms in total. The van der Waals surface area contributed by atoms with Gasteiger partial charge in [-0.25, -0.2) is 9.78 Å². The monoisotopic (exact) mass is 394 g/mol. The van der Waals surface area contributed by atoms with Crippen molar-refractivity contribution in [1.82, 2.24) is 14.7 Å². The lowest BCUT2D eigenvalue weighted by molar-refractivity contribution is 0.0526. The molecule has 1 aromatic carbocycles. The van der Waals surface area contributed by atoms with Crippen LogP contribution in [0.4, 0.5) is 5.69 Å². The Balaban J connectivity index is 1.84. The Kier molecular flexibility index (Phi) is 6.23. The number of fused-ring (bicyclic) bond motifs is 1. The Hall–Kier alpha value is -3.68. The van der Waals surface area contributed by atoms with Crippen molar-refractivity contribution >= 4 is 29.0 Å². The summed E-state index contributed by atoms with van der Waals surface area (Å²) in [4.78, 5) is 41.2. The van der Waals surface area contributed by atoms with E-state index in [4.69, 9.17) is 4.74 Å². The molecule has 8 heteroatoms. The van der Waals surface area contributed by atoms with Crippen molar-refractivity contribution in [2.24, 2.45) is 0 Å². The average molecular weight is 394 g/mol. The van der Waals surface area contributed by atoms with Crippen molar-refractivity contribution < 1.29 is 19.1 Å². The highest BCUT2D eigenvalue weighted by Gasteiger charge is 2.21. The number of hydrogen-bond acceptors (Lipinski definition) is 5. The largest absolute Gasteiger partial charge is 0.462 e. The minimum atomic E-state index is -0.452. The molecule has 0 aliphatic rings. The second kappa shape index (κ2) is 9.01. The lowest BCUT2D eigenvalue weighted by Gasteiger charge is -2.05. The molecule has 0 saturated carbocycles. The normalized spacial score (nSPS) is 10.6. The van der Waals surface area contributed by atoms with Gasteiger partial charge in [0.1, 0.15) is 0 Å². The van der Waals surface area contributed by atoms with Crippen LogP contribution in [0.5, 0.6) is 0 Å². The van der Waals surface area contributed by atoms with Gasteiger partial charge in [0.15, 0.2) is 5.69 Å². The Morgan fingerprint density at radius 3 is 2.48 bits per heavy atom. The van der Waals surface area contributed by atoms with Gasteiger partial charge in [-0.3, -0.25) is 14.0 Å². The lowest BCUT2D eigenvalue weighted by Crippen LogP contribution is -2.26. The van der Waals surface area contributed by atoms with Gasteiger partial charge < -0.3 is 15.4 Å². The van der Waals surface area contributed by atoms with E-state index in [0.717, 1.165) is 6.42 Å². The number of amides is 2. The zero-order valence-corrected chi connectivity index (χ0v) is 16.3. The van der Waals surface area contributed by atoms with E-state index in [0.29, 0.717) is 29.9 Å². The van der Waals surface area contributed by atoms with Crippen LogP contribution in [0.2, 0.25) is 0 Å². The maximum absolute atomic E-state index is 12.8. The van der Waals surface area contributed by atoms with E-state index in [2.05, 4.69) is 15.6 Å². The zero-order valence-electron chi connectivity index (χ0n) is 16.3. The van der Waals surface area contributed by atoms with Gasteiger partial charge in [-0.1, -0.05) is 13.0 Å². The van der Waals surface area contributed by atoms with E-state index in [-0.39, 0.29) is 17.4 Å². The second-order valence-corrected chi connectivity index (χ2v) is 6.25. The van der Waals surface area contributed by atoms with Gasteiger partial charge >= 0.3 is 5.97 Å². The molecule has 3 aromatic rings. The lowest BCUT2D eigenvalue weighted by atomic mass is 10.2. The molecule has 3 rings (SSSR count). The van der Waals surface area contributed by atoms with Crippen molar-refractivity contribution in [3.8, 4) is 0 Å². The molecule has 29 heavy (non-hydrogen) atoms. The predicted molar refractivity (Wildman–Crippen MR) is 108 cm³/mol. The number of imidazole rings is 1. The first-order valence-corrected chi connectivity index (χ1v) is 9.39. The number of carbonyl (C=O) groups excluding carboxylic acids is 3. The van der Waals surface area contributed by atoms with Crippen LogP contribution in [0.1, 0.15) is 51.7 Å². The molecular weight excluding hydrogens is 372 g/mol. The van der Waals surface area contributed by atoms with Gasteiger partial charge in [-0.2, -0.15) is 0 Å². The van der Waals surface area contributed by atoms with E-state index in [9.17, 15) is 14.4 Å². The number of nitrogens with zero attached hydrogens (tertiary/aromatic N) is 2. The van der Waals surface area contributed by atoms with Crippen LogP contribution in [0.3, 0.4) is 0 Å². The van der Waals surface area contributed by atoms with Crippen LogP contribution in [-0.2, 0) is 4.74 Å². The van der Waals surface area contributed by atoms with Crippen molar-refractivity contribution in [3.63, 3.8) is 0 Å². The van der Waals surface area contributed by atoms with E-state index in [1.807, 2.05) is 6.92 Å². The van der Waals surface area contributed by atoms with Gasteiger partial charge in [0.05, 0.1) is 17.7 Å². The summed E-state index contributed by atoms with van der Waals surface area (Å²) in [5, 5.41) is 5.52. The summed E-state index contributed by atoms with van der Waals surface area (Å²) in [6.07, 6.45) is 2.48. The van der Waals surface area contributed by atoms with Gasteiger partial charge in [0.25, 0.3) is 11.8 Å². The number of esters is 1. The van der Waals surface area contributed by atoms with Gasteiger partial charge in [-0.05, 0) is 49.7 Å². The molecule has 2 heterocycles. The third-order valence-corrected chi connectivity index (χ3v) is 4.16. The molecule has 0 aliphatic carbocycles. The molecule has 0 aliphatic heterocycles. The first-order valence-electron chi connectivity index (χ1n) is 9.39. The summed E-state index contributed by atoms with van der Waals surface area (Å²) < 4.78 is 6.53. The number of aromatic nitrogens is 2. The quantitative estimate of drug-likeness (QED) is 0.600. The van der Waals surface area contributed by atoms with Crippen molar-refractivity contribution in [1.29, 1.82) is 0 Å². The second-order valence-electron chi connectivity index (χ2n) is 6.25. The Morgan fingerprint density at radius 1 is 1.03 bits per heavy atom. The van der Waals surface area contributed by atoms with Crippen molar-refractivity contribution in [2.75, 3.05) is 18.5 Å². The van der Waals surface area contributed by atoms with E-state index in [1.54, 1.807) is 60.0 Å². The molecule has 0 atom stereocenters. The molecule has 0 unspecified atom stereocenters. The van der Waals surface area contributed by atoms with Crippen LogP contribution in [0.15, 0.2) is 48.7 Å². The van der Waals surface area contributed by atoms with Crippen LogP contribution in [0, 0.1) is 0 Å². The third-order valence-electron chi connectivity index (χ3n) is 4.16. The summed E-state index contributed by atoms with van der Waals surface area (Å²) in [7, 11) is 0. The molecule has 2 amide bonds. The fraction of sp³-hybridized carbons (Fsp3) is 0.238. The number of carbonyl (C=O) groups is 3. The molecule has 2 aromatic heterocycles. The molecule has 150 valence electrons. The molecule has 0 saturated heterocycles. The molecule has 0 radical (unpaired) electrons. The Labute approximate surface area is 167 Å². The van der Waals surface area contributed by atoms with Crippen LogP contribution >= 0.6 is 0 Å². The summed E-state index contributed by atoms with van der Waals surface area (Å²) in [5.41, 5.74) is 1.56. The first-order chi connectivity index (χ1) is 14.0. The summed E-state index contributed by atoms with van der Waals surface area (Å²) in [6.45, 7) is 4.50. The van der Waals surface area contributed by atoms with Crippen LogP contribution in [0.25, 0.3) is 5.52 Å². The van der Waals surface area contributed by atoms with Gasteiger partial charge in [-0.15, -0.1) is 0 Å².